The maximum atomic E-state index is 13.4. The lowest BCUT2D eigenvalue weighted by Crippen LogP contribution is -1.93. The Morgan fingerprint density at radius 3 is 2.12 bits per heavy atom. The third-order valence-corrected chi connectivity index (χ3v) is 5.87. The summed E-state index contributed by atoms with van der Waals surface area (Å²) in [6.07, 6.45) is 3.68. The van der Waals surface area contributed by atoms with Gasteiger partial charge in [0.05, 0.1) is 0 Å². The summed E-state index contributed by atoms with van der Waals surface area (Å²) < 4.78 is 19.8. The van der Waals surface area contributed by atoms with Crippen LogP contribution in [-0.2, 0) is 0 Å². The first-order valence-electron chi connectivity index (χ1n) is 10.5. The Kier molecular flexibility index (Phi) is 4.32. The molecule has 6 rings (SSSR count). The summed E-state index contributed by atoms with van der Waals surface area (Å²) in [6, 6.07) is 31.2. The van der Waals surface area contributed by atoms with Crippen molar-refractivity contribution in [3.63, 3.8) is 0 Å². The van der Waals surface area contributed by atoms with Gasteiger partial charge in [-0.3, -0.25) is 4.98 Å². The van der Waals surface area contributed by atoms with Crippen LogP contribution in [0.4, 0.5) is 4.39 Å². The van der Waals surface area contributed by atoms with E-state index in [1.807, 2.05) is 24.4 Å². The molecule has 0 aliphatic heterocycles. The van der Waals surface area contributed by atoms with E-state index in [0.717, 1.165) is 38.4 Å². The van der Waals surface area contributed by atoms with Gasteiger partial charge in [0.1, 0.15) is 17.3 Å². The quantitative estimate of drug-likeness (QED) is 0.272. The van der Waals surface area contributed by atoms with Crippen LogP contribution in [0.25, 0.3) is 43.4 Å². The predicted molar refractivity (Wildman–Crippen MR) is 129 cm³/mol. The molecule has 0 amide bonds. The van der Waals surface area contributed by atoms with Crippen LogP contribution in [0.5, 0.6) is 11.5 Å². The van der Waals surface area contributed by atoms with E-state index in [1.54, 1.807) is 18.3 Å². The number of fused-ring (bicyclic) bond motifs is 3. The number of rotatable bonds is 3. The number of hydrogen-bond acceptors (Lipinski definition) is 2. The molecule has 1 aromatic heterocycles. The number of aromatic nitrogens is 1. The largest absolute Gasteiger partial charge is 0.456 e. The molecule has 5 aromatic carbocycles. The maximum absolute atomic E-state index is 13.4. The van der Waals surface area contributed by atoms with Gasteiger partial charge < -0.3 is 4.74 Å². The number of ether oxygens (including phenoxy) is 1. The molecule has 0 aliphatic rings. The van der Waals surface area contributed by atoms with Gasteiger partial charge >= 0.3 is 0 Å². The topological polar surface area (TPSA) is 22.1 Å². The van der Waals surface area contributed by atoms with Gasteiger partial charge in [-0.1, -0.05) is 66.7 Å². The van der Waals surface area contributed by atoms with E-state index >= 15 is 0 Å². The van der Waals surface area contributed by atoms with Crippen LogP contribution in [0.3, 0.4) is 0 Å². The third-order valence-electron chi connectivity index (χ3n) is 5.87. The van der Waals surface area contributed by atoms with E-state index in [-0.39, 0.29) is 5.82 Å². The lowest BCUT2D eigenvalue weighted by atomic mass is 9.89. The molecule has 0 bridgehead atoms. The number of benzene rings is 5. The van der Waals surface area contributed by atoms with Crippen molar-refractivity contribution >= 4 is 32.3 Å². The standard InChI is InChI=1S/C29H18FNO/c30-20-12-14-21(15-13-20)32-29-25-10-4-3-9-24(25)28(27-18-31-17-16-26(27)29)23-11-5-7-19-6-1-2-8-22(19)23/h1-18H. The fraction of sp³-hybridized carbons (Fsp3) is 0. The molecule has 3 heteroatoms. The van der Waals surface area contributed by atoms with Crippen LogP contribution in [0.15, 0.2) is 109 Å². The smallest absolute Gasteiger partial charge is 0.143 e. The highest BCUT2D eigenvalue weighted by Crippen LogP contribution is 2.45. The average molecular weight is 415 g/mol. The second kappa shape index (κ2) is 7.47. The maximum Gasteiger partial charge on any atom is 0.143 e. The summed E-state index contributed by atoms with van der Waals surface area (Å²) >= 11 is 0. The minimum absolute atomic E-state index is 0.289. The van der Waals surface area contributed by atoms with Crippen molar-refractivity contribution in [2.45, 2.75) is 0 Å². The molecule has 152 valence electrons. The van der Waals surface area contributed by atoms with Gasteiger partial charge in [-0.15, -0.1) is 0 Å². The van der Waals surface area contributed by atoms with Crippen molar-refractivity contribution in [1.82, 2.24) is 4.98 Å². The van der Waals surface area contributed by atoms with Gasteiger partial charge in [0.15, 0.2) is 0 Å². The molecule has 2 nitrogen and oxygen atoms in total. The first-order valence-corrected chi connectivity index (χ1v) is 10.5. The molecule has 0 atom stereocenters. The Balaban J connectivity index is 1.72. The summed E-state index contributed by atoms with van der Waals surface area (Å²) in [5.41, 5.74) is 2.29. The molecule has 1 heterocycles. The summed E-state index contributed by atoms with van der Waals surface area (Å²) in [7, 11) is 0. The first-order chi connectivity index (χ1) is 15.8. The van der Waals surface area contributed by atoms with E-state index in [2.05, 4.69) is 59.6 Å². The minimum atomic E-state index is -0.289. The molecule has 0 aliphatic carbocycles. The molecule has 6 aromatic rings. The second-order valence-electron chi connectivity index (χ2n) is 7.75. The van der Waals surface area contributed by atoms with E-state index in [0.29, 0.717) is 5.75 Å². The zero-order valence-corrected chi connectivity index (χ0v) is 17.1. The van der Waals surface area contributed by atoms with Crippen molar-refractivity contribution in [2.75, 3.05) is 0 Å². The number of nitrogens with zero attached hydrogens (tertiary/aromatic N) is 1. The van der Waals surface area contributed by atoms with Gasteiger partial charge in [-0.25, -0.2) is 4.39 Å². The van der Waals surface area contributed by atoms with Crippen molar-refractivity contribution in [3.8, 4) is 22.6 Å². The lowest BCUT2D eigenvalue weighted by molar-refractivity contribution is 0.491. The Morgan fingerprint density at radius 1 is 0.594 bits per heavy atom. The molecule has 0 N–H and O–H groups in total. The molecule has 0 saturated heterocycles. The molecule has 0 saturated carbocycles. The molecular formula is C29H18FNO. The van der Waals surface area contributed by atoms with Gasteiger partial charge in [0.25, 0.3) is 0 Å². The highest BCUT2D eigenvalue weighted by Gasteiger charge is 2.18. The van der Waals surface area contributed by atoms with Gasteiger partial charge in [0.2, 0.25) is 0 Å². The van der Waals surface area contributed by atoms with Crippen LogP contribution in [0.1, 0.15) is 0 Å². The van der Waals surface area contributed by atoms with E-state index in [1.165, 1.54) is 22.9 Å². The Hall–Kier alpha value is -4.24. The number of hydrogen-bond donors (Lipinski definition) is 0. The zero-order chi connectivity index (χ0) is 21.5. The van der Waals surface area contributed by atoms with Crippen LogP contribution in [-0.4, -0.2) is 4.98 Å². The monoisotopic (exact) mass is 415 g/mol. The van der Waals surface area contributed by atoms with Crippen molar-refractivity contribution in [1.29, 1.82) is 0 Å². The highest BCUT2D eigenvalue weighted by molar-refractivity contribution is 6.19. The molecular weight excluding hydrogens is 397 g/mol. The second-order valence-corrected chi connectivity index (χ2v) is 7.75. The number of pyridine rings is 1. The van der Waals surface area contributed by atoms with Crippen LogP contribution in [0, 0.1) is 5.82 Å². The van der Waals surface area contributed by atoms with Crippen LogP contribution >= 0.6 is 0 Å². The Morgan fingerprint density at radius 2 is 1.28 bits per heavy atom. The van der Waals surface area contributed by atoms with E-state index in [9.17, 15) is 4.39 Å². The summed E-state index contributed by atoms with van der Waals surface area (Å²) in [6.45, 7) is 0. The van der Waals surface area contributed by atoms with E-state index in [4.69, 9.17) is 4.74 Å². The fourth-order valence-electron chi connectivity index (χ4n) is 4.44. The Labute approximate surface area is 184 Å². The number of halogens is 1. The van der Waals surface area contributed by atoms with E-state index < -0.39 is 0 Å². The Bertz CT molecular complexity index is 1540. The minimum Gasteiger partial charge on any atom is -0.456 e. The van der Waals surface area contributed by atoms with Crippen molar-refractivity contribution in [2.24, 2.45) is 0 Å². The summed E-state index contributed by atoms with van der Waals surface area (Å²) in [4.78, 5) is 4.44. The normalized spacial score (nSPS) is 11.3. The highest BCUT2D eigenvalue weighted by atomic mass is 19.1. The fourth-order valence-corrected chi connectivity index (χ4v) is 4.44. The van der Waals surface area contributed by atoms with Crippen LogP contribution < -0.4 is 4.74 Å². The lowest BCUT2D eigenvalue weighted by Gasteiger charge is -2.18. The van der Waals surface area contributed by atoms with Crippen molar-refractivity contribution < 1.29 is 9.13 Å². The SMILES string of the molecule is Fc1ccc(Oc2c3ccccc3c(-c3cccc4ccccc34)c3cnccc23)cc1. The van der Waals surface area contributed by atoms with Gasteiger partial charge in [-0.2, -0.15) is 0 Å². The summed E-state index contributed by atoms with van der Waals surface area (Å²) in [5, 5.41) is 6.45. The molecule has 0 unspecified atom stereocenters. The predicted octanol–water partition coefficient (Wildman–Crippen LogP) is 8.14. The average Bonchev–Trinajstić information content (AvgIpc) is 2.85. The third kappa shape index (κ3) is 2.98. The molecule has 0 fully saturated rings. The van der Waals surface area contributed by atoms with Gasteiger partial charge in [0, 0.05) is 28.6 Å². The van der Waals surface area contributed by atoms with Crippen molar-refractivity contribution in [3.05, 3.63) is 115 Å². The summed E-state index contributed by atoms with van der Waals surface area (Å²) in [5.74, 6) is 1.05. The molecule has 0 spiro atoms. The zero-order valence-electron chi connectivity index (χ0n) is 17.1. The molecule has 32 heavy (non-hydrogen) atoms. The van der Waals surface area contributed by atoms with Gasteiger partial charge in [-0.05, 0) is 57.6 Å². The molecule has 0 radical (unpaired) electrons. The first kappa shape index (κ1) is 18.5. The van der Waals surface area contributed by atoms with Crippen LogP contribution in [0.2, 0.25) is 0 Å².